The summed E-state index contributed by atoms with van der Waals surface area (Å²) >= 11 is 13.7. The number of rotatable bonds is 4. The van der Waals surface area contributed by atoms with Gasteiger partial charge in [-0.05, 0) is 17.7 Å². The van der Waals surface area contributed by atoms with Crippen LogP contribution in [0.3, 0.4) is 0 Å². The van der Waals surface area contributed by atoms with Gasteiger partial charge in [-0.1, -0.05) is 53.5 Å². The number of methoxy groups -OCH3 is 1. The summed E-state index contributed by atoms with van der Waals surface area (Å²) in [6.07, 6.45) is 0. The molecule has 1 aliphatic heterocycles. The molecule has 0 aromatic heterocycles. The highest BCUT2D eigenvalue weighted by atomic mass is 35.5. The second-order valence-corrected chi connectivity index (χ2v) is 8.97. The molecule has 0 bridgehead atoms. The summed E-state index contributed by atoms with van der Waals surface area (Å²) in [6, 6.07) is 12.5. The second-order valence-electron chi connectivity index (χ2n) is 5.14. The van der Waals surface area contributed by atoms with E-state index >= 15 is 0 Å². The van der Waals surface area contributed by atoms with Gasteiger partial charge in [0.05, 0.1) is 17.5 Å². The molecule has 128 valence electrons. The summed E-state index contributed by atoms with van der Waals surface area (Å²) < 4.78 is 33.1. The van der Waals surface area contributed by atoms with Crippen LogP contribution >= 0.6 is 35.0 Å². The zero-order valence-corrected chi connectivity index (χ0v) is 15.9. The first-order chi connectivity index (χ1) is 11.5. The maximum atomic E-state index is 13.2. The Morgan fingerprint density at radius 2 is 1.88 bits per heavy atom. The van der Waals surface area contributed by atoms with Gasteiger partial charge in [-0.2, -0.15) is 4.31 Å². The Morgan fingerprint density at radius 1 is 1.17 bits per heavy atom. The lowest BCUT2D eigenvalue weighted by Gasteiger charge is -2.24. The van der Waals surface area contributed by atoms with Crippen molar-refractivity contribution >= 4 is 45.0 Å². The van der Waals surface area contributed by atoms with Crippen LogP contribution in [0.5, 0.6) is 5.75 Å². The van der Waals surface area contributed by atoms with E-state index in [1.807, 2.05) is 30.3 Å². The lowest BCUT2D eigenvalue weighted by molar-refractivity contribution is 0.394. The summed E-state index contributed by atoms with van der Waals surface area (Å²) in [4.78, 5) is 0.0304. The van der Waals surface area contributed by atoms with Gasteiger partial charge in [0.1, 0.15) is 9.92 Å². The van der Waals surface area contributed by atoms with E-state index in [-0.39, 0.29) is 26.1 Å². The van der Waals surface area contributed by atoms with Crippen molar-refractivity contribution in [1.82, 2.24) is 4.31 Å². The predicted molar refractivity (Wildman–Crippen MR) is 98.5 cm³/mol. The third-order valence-electron chi connectivity index (χ3n) is 3.74. The van der Waals surface area contributed by atoms with Gasteiger partial charge >= 0.3 is 0 Å². The van der Waals surface area contributed by atoms with Crippen LogP contribution in [0.15, 0.2) is 47.4 Å². The molecule has 0 radical (unpaired) electrons. The zero-order chi connectivity index (χ0) is 17.3. The van der Waals surface area contributed by atoms with Gasteiger partial charge in [-0.15, -0.1) is 11.8 Å². The van der Waals surface area contributed by atoms with E-state index in [1.165, 1.54) is 23.5 Å². The molecule has 0 aliphatic carbocycles. The summed E-state index contributed by atoms with van der Waals surface area (Å²) in [7, 11) is -2.39. The third-order valence-corrected chi connectivity index (χ3v) is 7.81. The fraction of sp³-hybridized carbons (Fsp3) is 0.250. The lowest BCUT2D eigenvalue weighted by Crippen LogP contribution is -2.30. The van der Waals surface area contributed by atoms with Gasteiger partial charge in [0.25, 0.3) is 0 Å². The van der Waals surface area contributed by atoms with E-state index in [2.05, 4.69) is 0 Å². The van der Waals surface area contributed by atoms with Crippen LogP contribution in [0.4, 0.5) is 0 Å². The molecule has 1 heterocycles. The van der Waals surface area contributed by atoms with Gasteiger partial charge in [-0.25, -0.2) is 8.42 Å². The number of ether oxygens (including phenoxy) is 1. The average Bonchev–Trinajstić information content (AvgIpc) is 3.08. The Kier molecular flexibility index (Phi) is 5.32. The number of hydrogen-bond acceptors (Lipinski definition) is 4. The van der Waals surface area contributed by atoms with Gasteiger partial charge in [0.2, 0.25) is 10.0 Å². The number of halogens is 2. The molecule has 1 atom stereocenters. The molecule has 1 saturated heterocycles. The number of nitrogens with zero attached hydrogens (tertiary/aromatic N) is 1. The van der Waals surface area contributed by atoms with E-state index in [4.69, 9.17) is 27.9 Å². The summed E-state index contributed by atoms with van der Waals surface area (Å²) in [5, 5.41) is 0.0848. The molecule has 4 nitrogen and oxygen atoms in total. The first kappa shape index (κ1) is 17.9. The van der Waals surface area contributed by atoms with Crippen molar-refractivity contribution in [3.05, 3.63) is 58.1 Å². The van der Waals surface area contributed by atoms with E-state index in [0.29, 0.717) is 6.54 Å². The lowest BCUT2D eigenvalue weighted by atomic mass is 10.2. The molecular formula is C16H15Cl2NO3S2. The van der Waals surface area contributed by atoms with E-state index in [1.54, 1.807) is 11.8 Å². The van der Waals surface area contributed by atoms with Crippen molar-refractivity contribution < 1.29 is 13.2 Å². The molecule has 1 aliphatic rings. The molecule has 8 heteroatoms. The molecule has 0 N–H and O–H groups in total. The van der Waals surface area contributed by atoms with Crippen molar-refractivity contribution in [3.63, 3.8) is 0 Å². The van der Waals surface area contributed by atoms with Crippen LogP contribution in [0.2, 0.25) is 10.0 Å². The molecule has 2 aromatic carbocycles. The fourth-order valence-corrected chi connectivity index (χ4v) is 6.46. The van der Waals surface area contributed by atoms with Crippen molar-refractivity contribution in [2.45, 2.75) is 10.3 Å². The first-order valence-corrected chi connectivity index (χ1v) is 10.4. The minimum atomic E-state index is -3.77. The number of sulfonamides is 1. The SMILES string of the molecule is COc1c(S(=O)(=O)N2CCS[C@@H]2c2ccccc2)ccc(Cl)c1Cl. The molecule has 0 spiro atoms. The standard InChI is InChI=1S/C16H15Cl2NO3S2/c1-22-15-13(8-7-12(17)14(15)18)24(20,21)19-9-10-23-16(19)11-5-3-2-4-6-11/h2-8,16H,9-10H2,1H3/t16-/m1/s1. The van der Waals surface area contributed by atoms with E-state index in [9.17, 15) is 8.42 Å². The van der Waals surface area contributed by atoms with E-state index in [0.717, 1.165) is 11.3 Å². The van der Waals surface area contributed by atoms with Crippen LogP contribution in [-0.4, -0.2) is 32.1 Å². The number of hydrogen-bond donors (Lipinski definition) is 0. The molecule has 0 saturated carbocycles. The van der Waals surface area contributed by atoms with Crippen LogP contribution in [-0.2, 0) is 10.0 Å². The smallest absolute Gasteiger partial charge is 0.248 e. The maximum Gasteiger partial charge on any atom is 0.248 e. The van der Waals surface area contributed by atoms with E-state index < -0.39 is 10.0 Å². The van der Waals surface area contributed by atoms with Crippen LogP contribution in [0.1, 0.15) is 10.9 Å². The number of benzene rings is 2. The second kappa shape index (κ2) is 7.14. The molecule has 1 fully saturated rings. The monoisotopic (exact) mass is 403 g/mol. The molecule has 24 heavy (non-hydrogen) atoms. The summed E-state index contributed by atoms with van der Waals surface area (Å²) in [5.74, 6) is 0.801. The van der Waals surface area contributed by atoms with Crippen molar-refractivity contribution in [2.24, 2.45) is 0 Å². The Balaban J connectivity index is 2.06. The van der Waals surface area contributed by atoms with Crippen molar-refractivity contribution in [1.29, 1.82) is 0 Å². The van der Waals surface area contributed by atoms with Gasteiger partial charge in [0.15, 0.2) is 5.75 Å². The van der Waals surface area contributed by atoms with Gasteiger partial charge < -0.3 is 4.74 Å². The minimum Gasteiger partial charge on any atom is -0.494 e. The van der Waals surface area contributed by atoms with Crippen LogP contribution in [0, 0.1) is 0 Å². The van der Waals surface area contributed by atoms with Crippen LogP contribution in [0.25, 0.3) is 0 Å². The van der Waals surface area contributed by atoms with Crippen LogP contribution < -0.4 is 4.74 Å². The molecule has 3 rings (SSSR count). The van der Waals surface area contributed by atoms with Crippen molar-refractivity contribution in [3.8, 4) is 5.75 Å². The first-order valence-electron chi connectivity index (χ1n) is 7.17. The topological polar surface area (TPSA) is 46.6 Å². The maximum absolute atomic E-state index is 13.2. The zero-order valence-electron chi connectivity index (χ0n) is 12.8. The van der Waals surface area contributed by atoms with Gasteiger partial charge in [0, 0.05) is 12.3 Å². The average molecular weight is 404 g/mol. The Labute approximate surface area is 155 Å². The quantitative estimate of drug-likeness (QED) is 0.756. The Hall–Kier alpha value is -0.920. The highest BCUT2D eigenvalue weighted by molar-refractivity contribution is 8.01. The van der Waals surface area contributed by atoms with Crippen molar-refractivity contribution in [2.75, 3.05) is 19.4 Å². The number of thioether (sulfide) groups is 1. The van der Waals surface area contributed by atoms with Gasteiger partial charge in [-0.3, -0.25) is 0 Å². The Morgan fingerprint density at radius 3 is 2.54 bits per heavy atom. The highest BCUT2D eigenvalue weighted by Crippen LogP contribution is 2.45. The summed E-state index contributed by atoms with van der Waals surface area (Å²) in [6.45, 7) is 0.427. The molecule has 0 amide bonds. The molecule has 2 aromatic rings. The highest BCUT2D eigenvalue weighted by Gasteiger charge is 2.38. The fourth-order valence-electron chi connectivity index (χ4n) is 2.62. The largest absolute Gasteiger partial charge is 0.494 e. The Bertz CT molecular complexity index is 844. The predicted octanol–water partition coefficient (Wildman–Crippen LogP) is 4.44. The summed E-state index contributed by atoms with van der Waals surface area (Å²) in [5.41, 5.74) is 0.947. The third kappa shape index (κ3) is 3.13. The molecular weight excluding hydrogens is 389 g/mol. The normalized spacial score (nSPS) is 18.7. The minimum absolute atomic E-state index is 0.0304. The molecule has 0 unspecified atom stereocenters.